The average molecular weight is 549 g/mol. The van der Waals surface area contributed by atoms with Gasteiger partial charge < -0.3 is 0 Å². The van der Waals surface area contributed by atoms with E-state index in [1.165, 1.54) is 180 Å². The van der Waals surface area contributed by atoms with Crippen LogP contribution in [0.5, 0.6) is 0 Å². The van der Waals surface area contributed by atoms with Gasteiger partial charge in [0.05, 0.1) is 0 Å². The standard InChI is InChI=1S/C37H76N2/c1-7-10-13-15-16-17-21-24-28-33-37(39(6)38-5)34-29-25-22-19-18-20-23-26-30-35(4)36(31-12-9-3)32-27-14-11-8-2/h36-38H,4,7-34H2,1-3,5-6H3. The number of rotatable bonds is 32. The Balaban J connectivity index is 3.83. The molecule has 0 aromatic rings. The zero-order valence-corrected chi connectivity index (χ0v) is 28.1. The van der Waals surface area contributed by atoms with Crippen LogP contribution in [0.4, 0.5) is 0 Å². The molecule has 0 bridgehead atoms. The van der Waals surface area contributed by atoms with E-state index >= 15 is 0 Å². The molecule has 2 heteroatoms. The zero-order valence-electron chi connectivity index (χ0n) is 28.1. The lowest BCUT2D eigenvalue weighted by atomic mass is 9.86. The molecule has 0 spiro atoms. The van der Waals surface area contributed by atoms with Crippen LogP contribution >= 0.6 is 0 Å². The molecule has 0 aromatic heterocycles. The minimum atomic E-state index is 0.709. The van der Waals surface area contributed by atoms with Crippen molar-refractivity contribution < 1.29 is 0 Å². The zero-order chi connectivity index (χ0) is 28.8. The van der Waals surface area contributed by atoms with E-state index in [2.05, 4.69) is 51.9 Å². The van der Waals surface area contributed by atoms with Crippen LogP contribution in [0.1, 0.15) is 201 Å². The molecular formula is C37H76N2. The lowest BCUT2D eigenvalue weighted by molar-refractivity contribution is 0.156. The van der Waals surface area contributed by atoms with Gasteiger partial charge in [0.2, 0.25) is 0 Å². The molecule has 2 nitrogen and oxygen atoms in total. The Bertz CT molecular complexity index is 488. The summed E-state index contributed by atoms with van der Waals surface area (Å²) in [7, 11) is 4.32. The molecule has 0 aromatic carbocycles. The molecule has 0 saturated carbocycles. The molecule has 234 valence electrons. The molecule has 0 amide bonds. The summed E-state index contributed by atoms with van der Waals surface area (Å²) in [5.41, 5.74) is 4.97. The minimum absolute atomic E-state index is 0.709. The SMILES string of the molecule is C=C(CCCCCCCCCCC(CCCCCCCCCCC)N(C)NC)C(CCCC)CCCCCC. The van der Waals surface area contributed by atoms with E-state index in [4.69, 9.17) is 0 Å². The van der Waals surface area contributed by atoms with Gasteiger partial charge in [-0.3, -0.25) is 5.43 Å². The number of allylic oxidation sites excluding steroid dienone is 1. The highest BCUT2D eigenvalue weighted by molar-refractivity contribution is 5.00. The van der Waals surface area contributed by atoms with Crippen LogP contribution in [0.25, 0.3) is 0 Å². The molecule has 0 aliphatic heterocycles. The summed E-state index contributed by atoms with van der Waals surface area (Å²) in [4.78, 5) is 0. The molecule has 0 aliphatic carbocycles. The van der Waals surface area contributed by atoms with Gasteiger partial charge in [0.25, 0.3) is 0 Å². The van der Waals surface area contributed by atoms with Gasteiger partial charge in [-0.15, -0.1) is 0 Å². The van der Waals surface area contributed by atoms with Crippen molar-refractivity contribution in [2.24, 2.45) is 5.92 Å². The number of hydrogen-bond donors (Lipinski definition) is 1. The first-order valence-corrected chi connectivity index (χ1v) is 18.2. The summed E-state index contributed by atoms with van der Waals surface area (Å²) in [6.45, 7) is 11.5. The van der Waals surface area contributed by atoms with Gasteiger partial charge >= 0.3 is 0 Å². The topological polar surface area (TPSA) is 15.3 Å². The van der Waals surface area contributed by atoms with Crippen LogP contribution in [0, 0.1) is 5.92 Å². The lowest BCUT2D eigenvalue weighted by Gasteiger charge is -2.27. The highest BCUT2D eigenvalue weighted by atomic mass is 15.5. The Hall–Kier alpha value is -0.340. The van der Waals surface area contributed by atoms with E-state index in [0.29, 0.717) is 6.04 Å². The van der Waals surface area contributed by atoms with Crippen molar-refractivity contribution in [2.45, 2.75) is 207 Å². The number of nitrogens with zero attached hydrogens (tertiary/aromatic N) is 1. The van der Waals surface area contributed by atoms with Crippen LogP contribution in [0.15, 0.2) is 12.2 Å². The van der Waals surface area contributed by atoms with Gasteiger partial charge in [-0.2, -0.15) is 0 Å². The minimum Gasteiger partial charge on any atom is -0.258 e. The Morgan fingerprint density at radius 3 is 1.33 bits per heavy atom. The van der Waals surface area contributed by atoms with Crippen molar-refractivity contribution in [1.82, 2.24) is 10.4 Å². The third kappa shape index (κ3) is 25.1. The third-order valence-corrected chi connectivity index (χ3v) is 9.22. The van der Waals surface area contributed by atoms with Crippen molar-refractivity contribution in [2.75, 3.05) is 14.1 Å². The third-order valence-electron chi connectivity index (χ3n) is 9.22. The normalized spacial score (nSPS) is 13.3. The van der Waals surface area contributed by atoms with Crippen LogP contribution < -0.4 is 5.43 Å². The molecule has 1 N–H and O–H groups in total. The Morgan fingerprint density at radius 1 is 0.513 bits per heavy atom. The van der Waals surface area contributed by atoms with Crippen molar-refractivity contribution in [3.8, 4) is 0 Å². The summed E-state index contributed by atoms with van der Waals surface area (Å²) in [6, 6.07) is 0.709. The van der Waals surface area contributed by atoms with E-state index in [-0.39, 0.29) is 0 Å². The van der Waals surface area contributed by atoms with Gasteiger partial charge in [-0.1, -0.05) is 174 Å². The van der Waals surface area contributed by atoms with E-state index in [0.717, 1.165) is 5.92 Å². The van der Waals surface area contributed by atoms with Crippen molar-refractivity contribution >= 4 is 0 Å². The average Bonchev–Trinajstić information content (AvgIpc) is 2.95. The maximum atomic E-state index is 4.54. The van der Waals surface area contributed by atoms with Gasteiger partial charge in [0.1, 0.15) is 0 Å². The monoisotopic (exact) mass is 549 g/mol. The summed E-state index contributed by atoms with van der Waals surface area (Å²) in [5.74, 6) is 0.799. The van der Waals surface area contributed by atoms with Gasteiger partial charge in [0, 0.05) is 13.1 Å². The number of unbranched alkanes of at least 4 members (excludes halogenated alkanes) is 19. The molecule has 0 aliphatic rings. The predicted octanol–water partition coefficient (Wildman–Crippen LogP) is 12.6. The number of hydrazine groups is 1. The molecule has 0 heterocycles. The largest absolute Gasteiger partial charge is 0.258 e. The molecule has 39 heavy (non-hydrogen) atoms. The van der Waals surface area contributed by atoms with Crippen molar-refractivity contribution in [3.05, 3.63) is 12.2 Å². The highest BCUT2D eigenvalue weighted by Gasteiger charge is 2.13. The van der Waals surface area contributed by atoms with Crippen LogP contribution in [0.2, 0.25) is 0 Å². The second kappa shape index (κ2) is 30.6. The lowest BCUT2D eigenvalue weighted by Crippen LogP contribution is -2.40. The molecular weight excluding hydrogens is 472 g/mol. The molecule has 0 fully saturated rings. The van der Waals surface area contributed by atoms with Gasteiger partial charge in [0.15, 0.2) is 0 Å². The fourth-order valence-electron chi connectivity index (χ4n) is 6.22. The van der Waals surface area contributed by atoms with Crippen LogP contribution in [0.3, 0.4) is 0 Å². The summed E-state index contributed by atoms with van der Waals surface area (Å²) in [6.07, 6.45) is 39.2. The maximum Gasteiger partial charge on any atom is 0.0240 e. The summed E-state index contributed by atoms with van der Waals surface area (Å²) >= 11 is 0. The quantitative estimate of drug-likeness (QED) is 0.0511. The van der Waals surface area contributed by atoms with Crippen LogP contribution in [-0.4, -0.2) is 25.1 Å². The maximum absolute atomic E-state index is 4.54. The molecule has 0 saturated heterocycles. The molecule has 2 unspecified atom stereocenters. The Kier molecular flexibility index (Phi) is 30.3. The fourth-order valence-corrected chi connectivity index (χ4v) is 6.22. The van der Waals surface area contributed by atoms with Crippen LogP contribution in [-0.2, 0) is 0 Å². The fraction of sp³-hybridized carbons (Fsp3) is 0.946. The second-order valence-electron chi connectivity index (χ2n) is 12.8. The van der Waals surface area contributed by atoms with E-state index in [1.54, 1.807) is 5.57 Å². The molecule has 0 rings (SSSR count). The highest BCUT2D eigenvalue weighted by Crippen LogP contribution is 2.27. The van der Waals surface area contributed by atoms with Gasteiger partial charge in [-0.05, 0) is 51.5 Å². The first-order chi connectivity index (χ1) is 19.1. The smallest absolute Gasteiger partial charge is 0.0240 e. The van der Waals surface area contributed by atoms with E-state index < -0.39 is 0 Å². The van der Waals surface area contributed by atoms with E-state index in [9.17, 15) is 0 Å². The molecule has 0 radical (unpaired) electrons. The van der Waals surface area contributed by atoms with Gasteiger partial charge in [-0.25, -0.2) is 5.01 Å². The Morgan fingerprint density at radius 2 is 0.872 bits per heavy atom. The van der Waals surface area contributed by atoms with E-state index in [1.807, 2.05) is 0 Å². The molecule has 2 atom stereocenters. The Labute approximate surface area is 248 Å². The number of nitrogens with one attached hydrogen (secondary N) is 1. The summed E-state index contributed by atoms with van der Waals surface area (Å²) in [5, 5.41) is 2.37. The second-order valence-corrected chi connectivity index (χ2v) is 12.8. The first kappa shape index (κ1) is 38.7. The van der Waals surface area contributed by atoms with Crippen molar-refractivity contribution in [3.63, 3.8) is 0 Å². The first-order valence-electron chi connectivity index (χ1n) is 18.2. The van der Waals surface area contributed by atoms with Crippen molar-refractivity contribution in [1.29, 1.82) is 0 Å². The number of hydrogen-bond acceptors (Lipinski definition) is 2. The predicted molar refractivity (Wildman–Crippen MR) is 180 cm³/mol. The summed E-state index contributed by atoms with van der Waals surface area (Å²) < 4.78 is 0.